The maximum absolute atomic E-state index is 12.6. The molecule has 0 radical (unpaired) electrons. The fourth-order valence-corrected chi connectivity index (χ4v) is 4.88. The average Bonchev–Trinajstić information content (AvgIpc) is 3.32. The normalized spacial score (nSPS) is 17.0. The van der Waals surface area contributed by atoms with Crippen LogP contribution in [0.25, 0.3) is 0 Å². The summed E-state index contributed by atoms with van der Waals surface area (Å²) in [4.78, 5) is 31.0. The maximum atomic E-state index is 12.6. The van der Waals surface area contributed by atoms with Gasteiger partial charge in [0.15, 0.2) is 0 Å². The topological polar surface area (TPSA) is 73.9 Å². The van der Waals surface area contributed by atoms with Crippen molar-refractivity contribution >= 4 is 23.2 Å². The number of benzene rings is 1. The molecule has 1 saturated heterocycles. The number of hydrogen-bond acceptors (Lipinski definition) is 6. The fourth-order valence-electron chi connectivity index (χ4n) is 3.92. The quantitative estimate of drug-likeness (QED) is 0.611. The number of thiophene rings is 1. The summed E-state index contributed by atoms with van der Waals surface area (Å²) in [5.41, 5.74) is 0.903. The van der Waals surface area contributed by atoms with Crippen molar-refractivity contribution < 1.29 is 14.3 Å². The van der Waals surface area contributed by atoms with Crippen LogP contribution in [0.3, 0.4) is 0 Å². The van der Waals surface area contributed by atoms with Gasteiger partial charge in [0.1, 0.15) is 5.75 Å². The molecule has 2 N–H and O–H groups in total. The van der Waals surface area contributed by atoms with Crippen LogP contribution in [-0.4, -0.2) is 67.5 Å². The van der Waals surface area contributed by atoms with E-state index in [1.807, 2.05) is 37.3 Å². The zero-order chi connectivity index (χ0) is 22.2. The Morgan fingerprint density at radius 1 is 1.10 bits per heavy atom. The minimum Gasteiger partial charge on any atom is -0.497 e. The molecule has 0 spiro atoms. The van der Waals surface area contributed by atoms with Gasteiger partial charge in [-0.3, -0.25) is 14.5 Å². The molecule has 31 heavy (non-hydrogen) atoms. The number of rotatable bonds is 8. The Morgan fingerprint density at radius 2 is 1.81 bits per heavy atom. The minimum absolute atomic E-state index is 0.0531. The Kier molecular flexibility index (Phi) is 8.45. The summed E-state index contributed by atoms with van der Waals surface area (Å²) in [7, 11) is 1.61. The van der Waals surface area contributed by atoms with E-state index in [-0.39, 0.29) is 18.6 Å². The van der Waals surface area contributed by atoms with Crippen molar-refractivity contribution in [2.45, 2.75) is 32.5 Å². The number of methoxy groups -OCH3 is 1. The molecular weight excluding hydrogens is 412 g/mol. The molecule has 1 aromatic heterocycles. The van der Waals surface area contributed by atoms with Crippen LogP contribution in [0.15, 0.2) is 41.8 Å². The first-order valence-electron chi connectivity index (χ1n) is 10.7. The molecule has 2 amide bonds. The highest BCUT2D eigenvalue weighted by Gasteiger charge is 2.31. The second kappa shape index (κ2) is 11.3. The van der Waals surface area contributed by atoms with Crippen LogP contribution in [0, 0.1) is 0 Å². The zero-order valence-corrected chi connectivity index (χ0v) is 19.3. The summed E-state index contributed by atoms with van der Waals surface area (Å²) >= 11 is 1.69. The predicted molar refractivity (Wildman–Crippen MR) is 123 cm³/mol. The first kappa shape index (κ1) is 23.2. The lowest BCUT2D eigenvalue weighted by atomic mass is 10.0. The summed E-state index contributed by atoms with van der Waals surface area (Å²) in [5, 5.41) is 7.68. The Labute approximate surface area is 188 Å². The van der Waals surface area contributed by atoms with E-state index in [0.29, 0.717) is 0 Å². The largest absolute Gasteiger partial charge is 0.497 e. The van der Waals surface area contributed by atoms with Crippen LogP contribution in [0.2, 0.25) is 0 Å². The summed E-state index contributed by atoms with van der Waals surface area (Å²) < 4.78 is 5.13. The van der Waals surface area contributed by atoms with Crippen LogP contribution in [0.5, 0.6) is 5.75 Å². The zero-order valence-electron chi connectivity index (χ0n) is 18.5. The summed E-state index contributed by atoms with van der Waals surface area (Å²) in [6, 6.07) is 11.4. The van der Waals surface area contributed by atoms with Crippen LogP contribution in [0.1, 0.15) is 30.3 Å². The first-order chi connectivity index (χ1) is 15.0. The summed E-state index contributed by atoms with van der Waals surface area (Å²) in [6.07, 6.45) is 0. The van der Waals surface area contributed by atoms with Crippen molar-refractivity contribution in [2.75, 3.05) is 39.8 Å². The van der Waals surface area contributed by atoms with Crippen molar-refractivity contribution in [3.05, 3.63) is 52.2 Å². The third-order valence-electron chi connectivity index (χ3n) is 5.73. The molecule has 1 aliphatic heterocycles. The number of carbonyl (C=O) groups excluding carboxylic acids is 2. The molecule has 2 aromatic rings. The molecule has 0 saturated carbocycles. The molecule has 0 bridgehead atoms. The van der Waals surface area contributed by atoms with E-state index in [4.69, 9.17) is 4.74 Å². The molecule has 2 atom stereocenters. The molecule has 3 rings (SSSR count). The molecule has 7 nitrogen and oxygen atoms in total. The van der Waals surface area contributed by atoms with Gasteiger partial charge in [-0.05, 0) is 42.6 Å². The first-order valence-corrected chi connectivity index (χ1v) is 11.6. The van der Waals surface area contributed by atoms with Gasteiger partial charge in [-0.1, -0.05) is 25.1 Å². The maximum Gasteiger partial charge on any atom is 0.309 e. The van der Waals surface area contributed by atoms with Crippen molar-refractivity contribution in [1.82, 2.24) is 20.4 Å². The van der Waals surface area contributed by atoms with Crippen molar-refractivity contribution in [2.24, 2.45) is 0 Å². The number of hydrogen-bond donors (Lipinski definition) is 2. The van der Waals surface area contributed by atoms with Crippen molar-refractivity contribution in [1.29, 1.82) is 0 Å². The van der Waals surface area contributed by atoms with E-state index < -0.39 is 11.8 Å². The van der Waals surface area contributed by atoms with Crippen molar-refractivity contribution in [3.63, 3.8) is 0 Å². The standard InChI is InChI=1S/C23H32N4O3S/c1-4-26-11-13-27(14-12-26)21(20-6-5-15-31-20)17(2)25-23(29)22(28)24-16-18-7-9-19(30-3)10-8-18/h5-10,15,17,21H,4,11-14,16H2,1-3H3,(H,24,28)(H,25,29)/t17-,21+/m0/s1. The number of carbonyl (C=O) groups is 2. The van der Waals surface area contributed by atoms with Gasteiger partial charge in [-0.25, -0.2) is 0 Å². The Morgan fingerprint density at radius 3 is 2.39 bits per heavy atom. The number of piperazine rings is 1. The summed E-state index contributed by atoms with van der Waals surface area (Å²) in [5.74, 6) is -0.473. The van der Waals surface area contributed by atoms with E-state index >= 15 is 0 Å². The molecule has 1 fully saturated rings. The van der Waals surface area contributed by atoms with Gasteiger partial charge < -0.3 is 20.3 Å². The van der Waals surface area contributed by atoms with Gasteiger partial charge in [0.25, 0.3) is 0 Å². The highest BCUT2D eigenvalue weighted by Crippen LogP contribution is 2.29. The van der Waals surface area contributed by atoms with E-state index in [9.17, 15) is 9.59 Å². The van der Waals surface area contributed by atoms with E-state index in [2.05, 4.69) is 38.8 Å². The highest BCUT2D eigenvalue weighted by molar-refractivity contribution is 7.10. The average molecular weight is 445 g/mol. The molecule has 8 heteroatoms. The lowest BCUT2D eigenvalue weighted by Gasteiger charge is -2.41. The molecular formula is C23H32N4O3S. The lowest BCUT2D eigenvalue weighted by molar-refractivity contribution is -0.140. The molecule has 1 aromatic carbocycles. The molecule has 0 unspecified atom stereocenters. The van der Waals surface area contributed by atoms with E-state index in [1.54, 1.807) is 18.4 Å². The van der Waals surface area contributed by atoms with Crippen LogP contribution < -0.4 is 15.4 Å². The molecule has 1 aliphatic rings. The number of ether oxygens (including phenoxy) is 1. The third-order valence-corrected chi connectivity index (χ3v) is 6.68. The highest BCUT2D eigenvalue weighted by atomic mass is 32.1. The molecule has 0 aliphatic carbocycles. The van der Waals surface area contributed by atoms with Crippen LogP contribution in [-0.2, 0) is 16.1 Å². The van der Waals surface area contributed by atoms with Gasteiger partial charge in [0.05, 0.1) is 13.2 Å². The third kappa shape index (κ3) is 6.29. The number of likely N-dealkylation sites (N-methyl/N-ethyl adjacent to an activating group) is 1. The number of amides is 2. The van der Waals surface area contributed by atoms with Gasteiger partial charge in [-0.2, -0.15) is 0 Å². The number of nitrogens with zero attached hydrogens (tertiary/aromatic N) is 2. The Hall–Kier alpha value is -2.42. The lowest BCUT2D eigenvalue weighted by Crippen LogP contribution is -2.53. The second-order valence-corrected chi connectivity index (χ2v) is 8.70. The van der Waals surface area contributed by atoms with Crippen LogP contribution >= 0.6 is 11.3 Å². The summed E-state index contributed by atoms with van der Waals surface area (Å²) in [6.45, 7) is 9.42. The molecule has 168 valence electrons. The Balaban J connectivity index is 1.57. The predicted octanol–water partition coefficient (Wildman–Crippen LogP) is 2.26. The van der Waals surface area contributed by atoms with E-state index in [1.165, 1.54) is 4.88 Å². The minimum atomic E-state index is -0.622. The second-order valence-electron chi connectivity index (χ2n) is 7.72. The molecule has 2 heterocycles. The van der Waals surface area contributed by atoms with Crippen LogP contribution in [0.4, 0.5) is 0 Å². The number of nitrogens with one attached hydrogen (secondary N) is 2. The van der Waals surface area contributed by atoms with Gasteiger partial charge in [-0.15, -0.1) is 11.3 Å². The van der Waals surface area contributed by atoms with Gasteiger partial charge in [0, 0.05) is 43.6 Å². The smallest absolute Gasteiger partial charge is 0.309 e. The monoisotopic (exact) mass is 444 g/mol. The SMILES string of the molecule is CCN1CCN([C@@H](c2cccs2)[C@H](C)NC(=O)C(=O)NCc2ccc(OC)cc2)CC1. The fraction of sp³-hybridized carbons (Fsp3) is 0.478. The Bertz CT molecular complexity index is 833. The van der Waals surface area contributed by atoms with Crippen molar-refractivity contribution in [3.8, 4) is 5.75 Å². The van der Waals surface area contributed by atoms with Gasteiger partial charge >= 0.3 is 11.8 Å². The van der Waals surface area contributed by atoms with Gasteiger partial charge in [0.2, 0.25) is 0 Å². The van der Waals surface area contributed by atoms with E-state index in [0.717, 1.165) is 44.0 Å².